The topological polar surface area (TPSA) is 93.8 Å². The van der Waals surface area contributed by atoms with E-state index in [4.69, 9.17) is 4.74 Å². The van der Waals surface area contributed by atoms with Crippen LogP contribution < -0.4 is 10.2 Å². The maximum Gasteiger partial charge on any atom is 0.310 e. The van der Waals surface area contributed by atoms with Gasteiger partial charge in [-0.3, -0.25) is 14.9 Å². The first-order chi connectivity index (χ1) is 11.0. The first-order valence-electron chi connectivity index (χ1n) is 6.45. The van der Waals surface area contributed by atoms with Gasteiger partial charge in [-0.2, -0.15) is 5.10 Å². The minimum Gasteiger partial charge on any atom is -0.474 e. The highest BCUT2D eigenvalue weighted by atomic mass is 79.9. The summed E-state index contributed by atoms with van der Waals surface area (Å²) in [6.45, 7) is 1.49. The van der Waals surface area contributed by atoms with Gasteiger partial charge in [-0.05, 0) is 41.1 Å². The Morgan fingerprint density at radius 1 is 1.43 bits per heavy atom. The third kappa shape index (κ3) is 4.86. The zero-order valence-corrected chi connectivity index (χ0v) is 14.3. The molecule has 0 spiro atoms. The first kappa shape index (κ1) is 17.1. The van der Waals surface area contributed by atoms with Gasteiger partial charge in [0.1, 0.15) is 0 Å². The number of nitrogens with one attached hydrogen (secondary N) is 1. The minimum atomic E-state index is -0.927. The number of hydrogen-bond donors (Lipinski definition) is 1. The van der Waals surface area contributed by atoms with E-state index < -0.39 is 16.9 Å². The van der Waals surface area contributed by atoms with E-state index in [1.54, 1.807) is 6.07 Å². The van der Waals surface area contributed by atoms with E-state index in [-0.39, 0.29) is 11.4 Å². The minimum absolute atomic E-state index is 0.0336. The van der Waals surface area contributed by atoms with E-state index in [1.807, 2.05) is 12.1 Å². The van der Waals surface area contributed by atoms with Gasteiger partial charge in [-0.25, -0.2) is 5.43 Å². The van der Waals surface area contributed by atoms with Gasteiger partial charge in [0.05, 0.1) is 14.9 Å². The molecule has 0 bridgehead atoms. The lowest BCUT2D eigenvalue weighted by Crippen LogP contribution is -2.33. The fourth-order valence-electron chi connectivity index (χ4n) is 1.60. The molecule has 2 rings (SSSR count). The SMILES string of the molecule is CC(Oc1ccccc1[N+](=O)[O-])C(=O)N/N=C/c1ccc(Br)s1. The molecule has 1 aromatic heterocycles. The van der Waals surface area contributed by atoms with Crippen molar-refractivity contribution < 1.29 is 14.5 Å². The lowest BCUT2D eigenvalue weighted by molar-refractivity contribution is -0.386. The molecule has 1 atom stereocenters. The number of carbonyl (C=O) groups is 1. The molecular weight excluding hydrogens is 386 g/mol. The van der Waals surface area contributed by atoms with Crippen molar-refractivity contribution >= 4 is 45.1 Å². The molecule has 0 aliphatic heterocycles. The summed E-state index contributed by atoms with van der Waals surface area (Å²) in [6.07, 6.45) is 0.577. The Hall–Kier alpha value is -2.26. The summed E-state index contributed by atoms with van der Waals surface area (Å²) < 4.78 is 6.30. The molecule has 2 aromatic rings. The molecule has 1 unspecified atom stereocenters. The number of halogens is 1. The Bertz CT molecular complexity index is 747. The number of thiophene rings is 1. The summed E-state index contributed by atoms with van der Waals surface area (Å²) in [4.78, 5) is 23.1. The molecular formula is C14H12BrN3O4S. The van der Waals surface area contributed by atoms with Crippen LogP contribution in [0.1, 0.15) is 11.8 Å². The molecule has 0 aliphatic rings. The highest BCUT2D eigenvalue weighted by Gasteiger charge is 2.20. The normalized spacial score (nSPS) is 12.1. The van der Waals surface area contributed by atoms with Crippen molar-refractivity contribution in [1.29, 1.82) is 0 Å². The van der Waals surface area contributed by atoms with Crippen molar-refractivity contribution in [2.24, 2.45) is 5.10 Å². The third-order valence-corrected chi connectivity index (χ3v) is 4.25. The molecule has 0 saturated heterocycles. The van der Waals surface area contributed by atoms with Crippen molar-refractivity contribution in [1.82, 2.24) is 5.43 Å². The monoisotopic (exact) mass is 397 g/mol. The van der Waals surface area contributed by atoms with Gasteiger partial charge in [-0.1, -0.05) is 12.1 Å². The lowest BCUT2D eigenvalue weighted by Gasteiger charge is -2.12. The Morgan fingerprint density at radius 3 is 2.83 bits per heavy atom. The summed E-state index contributed by atoms with van der Waals surface area (Å²) in [5.41, 5.74) is 2.14. The zero-order valence-electron chi connectivity index (χ0n) is 11.9. The molecule has 7 nitrogen and oxygen atoms in total. The summed E-state index contributed by atoms with van der Waals surface area (Å²) in [6, 6.07) is 9.59. The summed E-state index contributed by atoms with van der Waals surface area (Å²) in [7, 11) is 0. The number of rotatable bonds is 6. The summed E-state index contributed by atoms with van der Waals surface area (Å²) in [5, 5.41) is 14.7. The second-order valence-electron chi connectivity index (χ2n) is 4.36. The quantitative estimate of drug-likeness (QED) is 0.459. The van der Waals surface area contributed by atoms with E-state index >= 15 is 0 Å². The molecule has 120 valence electrons. The van der Waals surface area contributed by atoms with Crippen LogP contribution in [-0.4, -0.2) is 23.1 Å². The van der Waals surface area contributed by atoms with Gasteiger partial charge in [0.25, 0.3) is 5.91 Å². The van der Waals surface area contributed by atoms with E-state index in [0.717, 1.165) is 8.66 Å². The number of hydrazone groups is 1. The predicted octanol–water partition coefficient (Wildman–Crippen LogP) is 3.34. The van der Waals surface area contributed by atoms with E-state index in [9.17, 15) is 14.9 Å². The second kappa shape index (κ2) is 7.84. The van der Waals surface area contributed by atoms with Crippen LogP contribution in [-0.2, 0) is 4.79 Å². The molecule has 9 heteroatoms. The third-order valence-electron chi connectivity index (χ3n) is 2.70. The number of nitrogens with zero attached hydrogens (tertiary/aromatic N) is 2. The molecule has 1 amide bonds. The largest absolute Gasteiger partial charge is 0.474 e. The molecule has 0 aliphatic carbocycles. The Labute approximate surface area is 144 Å². The van der Waals surface area contributed by atoms with Crippen LogP contribution in [0, 0.1) is 10.1 Å². The molecule has 1 heterocycles. The van der Waals surface area contributed by atoms with Crippen molar-refractivity contribution in [2.45, 2.75) is 13.0 Å². The maximum atomic E-state index is 11.9. The molecule has 0 saturated carbocycles. The molecule has 1 aromatic carbocycles. The molecule has 23 heavy (non-hydrogen) atoms. The van der Waals surface area contributed by atoms with Crippen LogP contribution in [0.2, 0.25) is 0 Å². The average Bonchev–Trinajstić information content (AvgIpc) is 2.93. The Balaban J connectivity index is 1.95. The van der Waals surface area contributed by atoms with Crippen molar-refractivity contribution in [3.8, 4) is 5.75 Å². The standard InChI is InChI=1S/C14H12BrN3O4S/c1-9(22-12-5-3-2-4-11(12)18(20)21)14(19)17-16-8-10-6-7-13(15)23-10/h2-9H,1H3,(H,17,19)/b16-8+. The van der Waals surface area contributed by atoms with Crippen LogP contribution >= 0.6 is 27.3 Å². The van der Waals surface area contributed by atoms with Gasteiger partial charge in [0.2, 0.25) is 0 Å². The maximum absolute atomic E-state index is 11.9. The molecule has 0 radical (unpaired) electrons. The van der Waals surface area contributed by atoms with Crippen molar-refractivity contribution in [3.63, 3.8) is 0 Å². The Morgan fingerprint density at radius 2 is 2.17 bits per heavy atom. The lowest BCUT2D eigenvalue weighted by atomic mass is 10.3. The average molecular weight is 398 g/mol. The summed E-state index contributed by atoms with van der Waals surface area (Å²) >= 11 is 4.79. The first-order valence-corrected chi connectivity index (χ1v) is 8.06. The van der Waals surface area contributed by atoms with E-state index in [2.05, 4.69) is 26.5 Å². The van der Waals surface area contributed by atoms with Gasteiger partial charge in [0, 0.05) is 10.9 Å². The number of benzene rings is 1. The van der Waals surface area contributed by atoms with Gasteiger partial charge >= 0.3 is 5.69 Å². The van der Waals surface area contributed by atoms with E-state index in [1.165, 1.54) is 42.7 Å². The number of nitro groups is 1. The number of carbonyl (C=O) groups excluding carboxylic acids is 1. The fourth-order valence-corrected chi connectivity index (χ4v) is 2.90. The smallest absolute Gasteiger partial charge is 0.310 e. The number of nitro benzene ring substituents is 1. The fraction of sp³-hybridized carbons (Fsp3) is 0.143. The van der Waals surface area contributed by atoms with Crippen LogP contribution in [0.4, 0.5) is 5.69 Å². The van der Waals surface area contributed by atoms with Gasteiger partial charge in [-0.15, -0.1) is 11.3 Å². The highest BCUT2D eigenvalue weighted by molar-refractivity contribution is 9.11. The predicted molar refractivity (Wildman–Crippen MR) is 90.9 cm³/mol. The number of hydrogen-bond acceptors (Lipinski definition) is 6. The van der Waals surface area contributed by atoms with Crippen LogP contribution in [0.25, 0.3) is 0 Å². The summed E-state index contributed by atoms with van der Waals surface area (Å²) in [5.74, 6) is -0.471. The number of ether oxygens (including phenoxy) is 1. The van der Waals surface area contributed by atoms with Crippen molar-refractivity contribution in [3.05, 3.63) is 55.2 Å². The zero-order chi connectivity index (χ0) is 16.8. The van der Waals surface area contributed by atoms with E-state index in [0.29, 0.717) is 0 Å². The van der Waals surface area contributed by atoms with Crippen molar-refractivity contribution in [2.75, 3.05) is 0 Å². The molecule has 0 fully saturated rings. The second-order valence-corrected chi connectivity index (χ2v) is 6.86. The van der Waals surface area contributed by atoms with Crippen LogP contribution in [0.3, 0.4) is 0 Å². The number of amides is 1. The number of para-hydroxylation sites is 2. The highest BCUT2D eigenvalue weighted by Crippen LogP contribution is 2.26. The molecule has 1 N–H and O–H groups in total. The van der Waals surface area contributed by atoms with Gasteiger partial charge < -0.3 is 4.74 Å². The van der Waals surface area contributed by atoms with Crippen LogP contribution in [0.15, 0.2) is 45.3 Å². The Kier molecular flexibility index (Phi) is 5.83. The van der Waals surface area contributed by atoms with Gasteiger partial charge in [0.15, 0.2) is 11.9 Å². The van der Waals surface area contributed by atoms with Crippen LogP contribution in [0.5, 0.6) is 5.75 Å².